The fourth-order valence-corrected chi connectivity index (χ4v) is 2.01. The van der Waals surface area contributed by atoms with E-state index in [1.165, 1.54) is 17.4 Å². The van der Waals surface area contributed by atoms with Crippen molar-refractivity contribution in [2.24, 2.45) is 0 Å². The van der Waals surface area contributed by atoms with Gasteiger partial charge in [0.05, 0.1) is 19.1 Å². The number of carbonyl (C=O) groups is 3. The van der Waals surface area contributed by atoms with Crippen LogP contribution in [0.2, 0.25) is 0 Å². The van der Waals surface area contributed by atoms with Crippen molar-refractivity contribution in [2.45, 2.75) is 12.6 Å². The van der Waals surface area contributed by atoms with Gasteiger partial charge in [-0.15, -0.1) is 0 Å². The van der Waals surface area contributed by atoms with Gasteiger partial charge in [-0.2, -0.15) is 0 Å². The first kappa shape index (κ1) is 13.9. The molecule has 1 fully saturated rings. The maximum Gasteiger partial charge on any atom is 0.328 e. The Bertz CT molecular complexity index is 513. The number of piperazine rings is 1. The maximum absolute atomic E-state index is 12.3. The summed E-state index contributed by atoms with van der Waals surface area (Å²) in [5.74, 6) is -1.51. The highest BCUT2D eigenvalue weighted by Gasteiger charge is 2.36. The number of hydrogen-bond acceptors (Lipinski definition) is 4. The molecule has 1 aliphatic heterocycles. The highest BCUT2D eigenvalue weighted by molar-refractivity contribution is 5.90. The van der Waals surface area contributed by atoms with Crippen LogP contribution in [-0.4, -0.2) is 59.0 Å². The Balaban J connectivity index is 2.08. The van der Waals surface area contributed by atoms with Crippen LogP contribution in [0, 0.1) is 0 Å². The van der Waals surface area contributed by atoms with E-state index in [0.717, 1.165) is 10.5 Å². The predicted octanol–water partition coefficient (Wildman–Crippen LogP) is -0.284. The van der Waals surface area contributed by atoms with Crippen molar-refractivity contribution >= 4 is 17.9 Å². The smallest absolute Gasteiger partial charge is 0.328 e. The van der Waals surface area contributed by atoms with Crippen molar-refractivity contribution in [2.75, 3.05) is 20.1 Å². The first-order valence-electron chi connectivity index (χ1n) is 6.01. The molecule has 8 nitrogen and oxygen atoms in total. The zero-order valence-electron chi connectivity index (χ0n) is 10.9. The van der Waals surface area contributed by atoms with Gasteiger partial charge in [-0.1, -0.05) is 0 Å². The number of nitrogens with one attached hydrogen (secondary N) is 1. The molecule has 2 heterocycles. The van der Waals surface area contributed by atoms with Crippen molar-refractivity contribution < 1.29 is 23.9 Å². The number of carboxylic acid groups (broad SMARTS) is 1. The number of urea groups is 1. The minimum Gasteiger partial charge on any atom is -0.480 e. The number of nitrogens with zero attached hydrogens (tertiary/aromatic N) is 2. The molecule has 0 radical (unpaired) electrons. The predicted molar refractivity (Wildman–Crippen MR) is 66.7 cm³/mol. The van der Waals surface area contributed by atoms with Gasteiger partial charge in [0.1, 0.15) is 12.6 Å². The van der Waals surface area contributed by atoms with E-state index in [2.05, 4.69) is 5.32 Å². The quantitative estimate of drug-likeness (QED) is 0.793. The first-order valence-corrected chi connectivity index (χ1v) is 6.01. The molecule has 20 heavy (non-hydrogen) atoms. The summed E-state index contributed by atoms with van der Waals surface area (Å²) in [6.07, 6.45) is 2.99. The van der Waals surface area contributed by atoms with Crippen molar-refractivity contribution in [1.29, 1.82) is 0 Å². The minimum absolute atomic E-state index is 0.0839. The Hall–Kier alpha value is -2.51. The molecule has 1 saturated heterocycles. The second-order valence-electron chi connectivity index (χ2n) is 4.56. The van der Waals surface area contributed by atoms with Crippen LogP contribution in [0.1, 0.15) is 5.56 Å². The number of amides is 3. The molecule has 108 valence electrons. The molecule has 3 amide bonds. The summed E-state index contributed by atoms with van der Waals surface area (Å²) in [5, 5.41) is 11.5. The molecule has 1 atom stereocenters. The van der Waals surface area contributed by atoms with Gasteiger partial charge in [0.25, 0.3) is 0 Å². The largest absolute Gasteiger partial charge is 0.480 e. The van der Waals surface area contributed by atoms with Crippen molar-refractivity contribution in [3.63, 3.8) is 0 Å². The van der Waals surface area contributed by atoms with Crippen molar-refractivity contribution in [3.8, 4) is 0 Å². The average Bonchev–Trinajstić information content (AvgIpc) is 2.90. The summed E-state index contributed by atoms with van der Waals surface area (Å²) < 4.78 is 4.91. The molecule has 1 aliphatic rings. The lowest BCUT2D eigenvalue weighted by atomic mass is 10.2. The van der Waals surface area contributed by atoms with E-state index in [9.17, 15) is 14.4 Å². The second kappa shape index (κ2) is 5.64. The van der Waals surface area contributed by atoms with E-state index in [0.29, 0.717) is 0 Å². The molecular formula is C12H15N3O5. The van der Waals surface area contributed by atoms with Crippen molar-refractivity contribution in [1.82, 2.24) is 15.1 Å². The second-order valence-corrected chi connectivity index (χ2v) is 4.56. The molecule has 0 bridgehead atoms. The van der Waals surface area contributed by atoms with E-state index in [-0.39, 0.29) is 25.5 Å². The molecular weight excluding hydrogens is 266 g/mol. The Labute approximate surface area is 114 Å². The van der Waals surface area contributed by atoms with Gasteiger partial charge in [0.15, 0.2) is 0 Å². The van der Waals surface area contributed by atoms with E-state index in [4.69, 9.17) is 9.52 Å². The lowest BCUT2D eigenvalue weighted by Gasteiger charge is -2.35. The first-order chi connectivity index (χ1) is 9.49. The van der Waals surface area contributed by atoms with E-state index in [1.807, 2.05) is 0 Å². The molecule has 8 heteroatoms. The standard InChI is InChI=1S/C12H15N3O5/c1-14(5-8-2-3-20-7-8)12(19)15-6-10(16)13-4-9(15)11(17)18/h2-3,7,9H,4-6H2,1H3,(H,13,16)(H,17,18). The lowest BCUT2D eigenvalue weighted by Crippen LogP contribution is -2.61. The molecule has 2 rings (SSSR count). The van der Waals surface area contributed by atoms with Crippen LogP contribution in [0.4, 0.5) is 4.79 Å². The minimum atomic E-state index is -1.14. The Morgan fingerprint density at radius 2 is 2.35 bits per heavy atom. The topological polar surface area (TPSA) is 103 Å². The van der Waals surface area contributed by atoms with Crippen LogP contribution in [0.5, 0.6) is 0 Å². The highest BCUT2D eigenvalue weighted by Crippen LogP contribution is 2.11. The summed E-state index contributed by atoms with van der Waals surface area (Å²) in [6, 6.07) is 0.155. The van der Waals surface area contributed by atoms with Crippen LogP contribution in [0.3, 0.4) is 0 Å². The van der Waals surface area contributed by atoms with Crippen LogP contribution in [-0.2, 0) is 16.1 Å². The number of carbonyl (C=O) groups excluding carboxylic acids is 2. The normalized spacial score (nSPS) is 18.6. The number of aliphatic carboxylic acids is 1. The number of carboxylic acids is 1. The van der Waals surface area contributed by atoms with Crippen LogP contribution in [0.15, 0.2) is 23.0 Å². The third-order valence-corrected chi connectivity index (χ3v) is 3.04. The number of furan rings is 1. The lowest BCUT2D eigenvalue weighted by molar-refractivity contribution is -0.144. The Morgan fingerprint density at radius 1 is 1.60 bits per heavy atom. The van der Waals surface area contributed by atoms with E-state index in [1.54, 1.807) is 13.1 Å². The summed E-state index contributed by atoms with van der Waals surface area (Å²) in [5.41, 5.74) is 0.786. The fourth-order valence-electron chi connectivity index (χ4n) is 2.01. The van der Waals surface area contributed by atoms with Gasteiger partial charge in [-0.25, -0.2) is 9.59 Å². The van der Waals surface area contributed by atoms with Gasteiger partial charge in [-0.05, 0) is 6.07 Å². The van der Waals surface area contributed by atoms with Crippen LogP contribution >= 0.6 is 0 Å². The van der Waals surface area contributed by atoms with E-state index >= 15 is 0 Å². The molecule has 2 N–H and O–H groups in total. The van der Waals surface area contributed by atoms with Crippen molar-refractivity contribution in [3.05, 3.63) is 24.2 Å². The molecule has 0 aliphatic carbocycles. The van der Waals surface area contributed by atoms with Gasteiger partial charge in [0, 0.05) is 19.2 Å². The maximum atomic E-state index is 12.3. The van der Waals surface area contributed by atoms with Gasteiger partial charge < -0.3 is 19.7 Å². The molecule has 1 unspecified atom stereocenters. The SMILES string of the molecule is CN(Cc1ccoc1)C(=O)N1CC(=O)NCC1C(=O)O. The summed E-state index contributed by atoms with van der Waals surface area (Å²) >= 11 is 0. The highest BCUT2D eigenvalue weighted by atomic mass is 16.4. The zero-order valence-corrected chi connectivity index (χ0v) is 10.9. The molecule has 0 aromatic carbocycles. The van der Waals surface area contributed by atoms with Gasteiger partial charge in [0.2, 0.25) is 5.91 Å². The summed E-state index contributed by atoms with van der Waals surface area (Å²) in [4.78, 5) is 37.2. The van der Waals surface area contributed by atoms with Crippen LogP contribution in [0.25, 0.3) is 0 Å². The molecule has 0 spiro atoms. The number of hydrogen-bond donors (Lipinski definition) is 2. The fraction of sp³-hybridized carbons (Fsp3) is 0.417. The summed E-state index contributed by atoms with van der Waals surface area (Å²) in [6.45, 7) is -0.0647. The average molecular weight is 281 g/mol. The monoisotopic (exact) mass is 281 g/mol. The summed E-state index contributed by atoms with van der Waals surface area (Å²) in [7, 11) is 1.54. The van der Waals surface area contributed by atoms with Gasteiger partial charge >= 0.3 is 12.0 Å². The van der Waals surface area contributed by atoms with E-state index < -0.39 is 18.0 Å². The number of rotatable bonds is 3. The third kappa shape index (κ3) is 2.90. The van der Waals surface area contributed by atoms with Gasteiger partial charge in [-0.3, -0.25) is 9.69 Å². The Kier molecular flexibility index (Phi) is 3.92. The zero-order chi connectivity index (χ0) is 14.7. The molecule has 1 aromatic heterocycles. The third-order valence-electron chi connectivity index (χ3n) is 3.04. The Morgan fingerprint density at radius 3 is 2.95 bits per heavy atom. The molecule has 1 aromatic rings. The van der Waals surface area contributed by atoms with Crippen LogP contribution < -0.4 is 5.32 Å². The molecule has 0 saturated carbocycles.